The van der Waals surface area contributed by atoms with Gasteiger partial charge in [0, 0.05) is 17.8 Å². The molecule has 3 unspecified atom stereocenters. The molecule has 0 amide bonds. The van der Waals surface area contributed by atoms with Crippen molar-refractivity contribution in [3.8, 4) is 0 Å². The van der Waals surface area contributed by atoms with E-state index < -0.39 is 0 Å². The van der Waals surface area contributed by atoms with Gasteiger partial charge in [-0.15, -0.1) is 0 Å². The van der Waals surface area contributed by atoms with Crippen molar-refractivity contribution >= 4 is 34.1 Å². The van der Waals surface area contributed by atoms with Gasteiger partial charge >= 0.3 is 0 Å². The molecule has 42 heavy (non-hydrogen) atoms. The Balaban J connectivity index is 1.20. The molecular formula is C42H38. The maximum atomic E-state index is 2.54. The zero-order valence-corrected chi connectivity index (χ0v) is 25.1. The Morgan fingerprint density at radius 2 is 1.55 bits per heavy atom. The number of allylic oxidation sites excluding steroid dienone is 14. The van der Waals surface area contributed by atoms with E-state index in [9.17, 15) is 0 Å². The Hall–Kier alpha value is -4.16. The van der Waals surface area contributed by atoms with E-state index in [0.717, 1.165) is 6.42 Å². The lowest BCUT2D eigenvalue weighted by Gasteiger charge is -2.39. The van der Waals surface area contributed by atoms with Crippen molar-refractivity contribution in [1.82, 2.24) is 0 Å². The van der Waals surface area contributed by atoms with Crippen molar-refractivity contribution < 1.29 is 0 Å². The molecule has 0 saturated heterocycles. The molecule has 0 saturated carbocycles. The lowest BCUT2D eigenvalue weighted by Crippen LogP contribution is -2.25. The van der Waals surface area contributed by atoms with Crippen LogP contribution in [0.2, 0.25) is 0 Å². The highest BCUT2D eigenvalue weighted by Gasteiger charge is 2.37. The SMILES string of the molecule is CC(C)C1=C2C=Cc3c(C4=CC5CC=C(c6ccc7ccccc7c6)C=C5C=C4)cc(C(C)C)c4c3C2C(C=C1)C=C4. The van der Waals surface area contributed by atoms with E-state index in [4.69, 9.17) is 0 Å². The quantitative estimate of drug-likeness (QED) is 0.307. The van der Waals surface area contributed by atoms with Crippen LogP contribution < -0.4 is 0 Å². The summed E-state index contributed by atoms with van der Waals surface area (Å²) in [4.78, 5) is 0. The lowest BCUT2D eigenvalue weighted by atomic mass is 9.64. The monoisotopic (exact) mass is 542 g/mol. The van der Waals surface area contributed by atoms with Crippen LogP contribution >= 0.6 is 0 Å². The van der Waals surface area contributed by atoms with Gasteiger partial charge < -0.3 is 0 Å². The van der Waals surface area contributed by atoms with Crippen LogP contribution in [0.25, 0.3) is 34.1 Å². The zero-order chi connectivity index (χ0) is 28.5. The summed E-state index contributed by atoms with van der Waals surface area (Å²) in [6.45, 7) is 9.37. The van der Waals surface area contributed by atoms with Gasteiger partial charge in [-0.05, 0) is 102 Å². The number of rotatable bonds is 4. The number of hydrogen-bond donors (Lipinski definition) is 0. The van der Waals surface area contributed by atoms with Crippen molar-refractivity contribution in [2.45, 2.75) is 46.0 Å². The van der Waals surface area contributed by atoms with Crippen LogP contribution in [0.15, 0.2) is 120 Å². The molecule has 0 heteroatoms. The molecule has 3 atom stereocenters. The van der Waals surface area contributed by atoms with Gasteiger partial charge in [-0.1, -0.05) is 131 Å². The Bertz CT molecular complexity index is 1900. The fourth-order valence-corrected chi connectivity index (χ4v) is 7.89. The number of benzene rings is 3. The average molecular weight is 543 g/mol. The lowest BCUT2D eigenvalue weighted by molar-refractivity contribution is 0.631. The second-order valence-electron chi connectivity index (χ2n) is 13.2. The van der Waals surface area contributed by atoms with Gasteiger partial charge in [0.25, 0.3) is 0 Å². The summed E-state index contributed by atoms with van der Waals surface area (Å²) < 4.78 is 0. The molecule has 0 spiro atoms. The van der Waals surface area contributed by atoms with E-state index in [0.29, 0.717) is 29.6 Å². The van der Waals surface area contributed by atoms with E-state index in [2.05, 4.69) is 143 Å². The molecule has 0 aliphatic heterocycles. The minimum Gasteiger partial charge on any atom is -0.0764 e. The minimum absolute atomic E-state index is 0.417. The molecule has 8 rings (SSSR count). The van der Waals surface area contributed by atoms with Crippen LogP contribution in [0.1, 0.15) is 79.3 Å². The highest BCUT2D eigenvalue weighted by Crippen LogP contribution is 2.53. The van der Waals surface area contributed by atoms with Crippen LogP contribution in [0, 0.1) is 17.8 Å². The smallest absolute Gasteiger partial charge is 0.0202 e. The maximum absolute atomic E-state index is 2.54. The molecule has 5 aliphatic carbocycles. The molecule has 0 N–H and O–H groups in total. The zero-order valence-electron chi connectivity index (χ0n) is 25.1. The second kappa shape index (κ2) is 9.70. The third-order valence-electron chi connectivity index (χ3n) is 10.1. The predicted molar refractivity (Wildman–Crippen MR) is 181 cm³/mol. The van der Waals surface area contributed by atoms with E-state index in [1.807, 2.05) is 0 Å². The summed E-state index contributed by atoms with van der Waals surface area (Å²) in [6.07, 6.45) is 27.8. The van der Waals surface area contributed by atoms with Crippen molar-refractivity contribution in [1.29, 1.82) is 0 Å². The van der Waals surface area contributed by atoms with Gasteiger partial charge in [-0.25, -0.2) is 0 Å². The van der Waals surface area contributed by atoms with E-state index in [-0.39, 0.29) is 0 Å². The first-order chi connectivity index (χ1) is 20.5. The van der Waals surface area contributed by atoms with Gasteiger partial charge in [0.05, 0.1) is 0 Å². The fraction of sp³-hybridized carbons (Fsp3) is 0.238. The standard InChI is InChI=1S/C42H38/c1-25(2)35-17-15-28-16-18-37-39(26(3)4)24-40(38-20-19-36(35)41(28)42(37)38)34-14-13-32-22-31(11-12-33(32)23-34)30-10-9-27-7-5-6-8-29(27)21-30/h5-11,13-26,28,33,41H,12H2,1-4H3. The maximum Gasteiger partial charge on any atom is 0.0202 e. The average Bonchev–Trinajstić information content (AvgIpc) is 3.02. The second-order valence-corrected chi connectivity index (χ2v) is 13.2. The fourth-order valence-electron chi connectivity index (χ4n) is 7.89. The van der Waals surface area contributed by atoms with Gasteiger partial charge in [-0.3, -0.25) is 0 Å². The Labute approximate surface area is 250 Å². The van der Waals surface area contributed by atoms with Crippen molar-refractivity contribution in [3.05, 3.63) is 153 Å². The van der Waals surface area contributed by atoms with Crippen LogP contribution in [-0.2, 0) is 0 Å². The largest absolute Gasteiger partial charge is 0.0764 e. The summed E-state index contributed by atoms with van der Waals surface area (Å²) >= 11 is 0. The summed E-state index contributed by atoms with van der Waals surface area (Å²) in [6, 6.07) is 18.0. The molecule has 0 heterocycles. The molecule has 0 radical (unpaired) electrons. The van der Waals surface area contributed by atoms with E-state index >= 15 is 0 Å². The van der Waals surface area contributed by atoms with Crippen LogP contribution in [0.4, 0.5) is 0 Å². The molecule has 3 aromatic carbocycles. The van der Waals surface area contributed by atoms with Gasteiger partial charge in [0.15, 0.2) is 0 Å². The number of hydrogen-bond acceptors (Lipinski definition) is 0. The van der Waals surface area contributed by atoms with Crippen molar-refractivity contribution in [2.24, 2.45) is 17.8 Å². The van der Waals surface area contributed by atoms with Crippen molar-refractivity contribution in [2.75, 3.05) is 0 Å². The van der Waals surface area contributed by atoms with Gasteiger partial charge in [0.2, 0.25) is 0 Å². The Morgan fingerprint density at radius 1 is 0.714 bits per heavy atom. The first kappa shape index (κ1) is 25.5. The highest BCUT2D eigenvalue weighted by molar-refractivity contribution is 5.91. The van der Waals surface area contributed by atoms with E-state index in [1.54, 1.807) is 5.56 Å². The Morgan fingerprint density at radius 3 is 2.38 bits per heavy atom. The van der Waals surface area contributed by atoms with Gasteiger partial charge in [-0.2, -0.15) is 0 Å². The molecule has 0 bridgehead atoms. The van der Waals surface area contributed by atoms with E-state index in [1.165, 1.54) is 66.5 Å². The third-order valence-corrected chi connectivity index (χ3v) is 10.1. The minimum atomic E-state index is 0.417. The normalized spacial score (nSPS) is 23.3. The first-order valence-electron chi connectivity index (χ1n) is 15.8. The summed E-state index contributed by atoms with van der Waals surface area (Å²) in [5.41, 5.74) is 15.8. The topological polar surface area (TPSA) is 0 Å². The van der Waals surface area contributed by atoms with Crippen LogP contribution in [0.3, 0.4) is 0 Å². The Kier molecular flexibility index (Phi) is 5.90. The first-order valence-corrected chi connectivity index (χ1v) is 15.8. The van der Waals surface area contributed by atoms with Crippen LogP contribution in [0.5, 0.6) is 0 Å². The molecular weight excluding hydrogens is 504 g/mol. The van der Waals surface area contributed by atoms with Gasteiger partial charge in [0.1, 0.15) is 0 Å². The molecule has 0 nitrogen and oxygen atoms in total. The molecule has 3 aromatic rings. The summed E-state index contributed by atoms with van der Waals surface area (Å²) in [5, 5.41) is 2.60. The summed E-state index contributed by atoms with van der Waals surface area (Å²) in [7, 11) is 0. The third kappa shape index (κ3) is 3.96. The number of fused-ring (bicyclic) bond motifs is 2. The van der Waals surface area contributed by atoms with Crippen LogP contribution in [-0.4, -0.2) is 0 Å². The molecule has 5 aliphatic rings. The van der Waals surface area contributed by atoms with Crippen molar-refractivity contribution in [3.63, 3.8) is 0 Å². The predicted octanol–water partition coefficient (Wildman–Crippen LogP) is 11.2. The molecule has 0 fully saturated rings. The molecule has 0 aromatic heterocycles. The highest BCUT2D eigenvalue weighted by atomic mass is 14.4. The molecule has 206 valence electrons. The summed E-state index contributed by atoms with van der Waals surface area (Å²) in [5.74, 6) is 2.28.